The number of nitrogens with two attached hydrogens (primary N) is 1. The zero-order chi connectivity index (χ0) is 19.1. The van der Waals surface area contributed by atoms with E-state index in [1.807, 2.05) is 6.20 Å². The minimum atomic E-state index is -1.23. The van der Waals surface area contributed by atoms with Crippen molar-refractivity contribution in [1.82, 2.24) is 14.7 Å². The summed E-state index contributed by atoms with van der Waals surface area (Å²) < 4.78 is 48.2. The predicted octanol–water partition coefficient (Wildman–Crippen LogP) is 1.47. The summed E-state index contributed by atoms with van der Waals surface area (Å²) in [6.45, 7) is 2.17. The molecule has 1 aromatic carbocycles. The molecule has 146 valence electrons. The molecule has 9 heteroatoms. The van der Waals surface area contributed by atoms with Crippen LogP contribution in [-0.4, -0.2) is 45.1 Å². The molecule has 3 atom stereocenters. The summed E-state index contributed by atoms with van der Waals surface area (Å²) in [5, 5.41) is 13.4. The minimum Gasteiger partial charge on any atom is -0.394 e. The van der Waals surface area contributed by atoms with E-state index in [0.29, 0.717) is 38.7 Å². The summed E-state index contributed by atoms with van der Waals surface area (Å²) in [4.78, 5) is 2.19. The van der Waals surface area contributed by atoms with Crippen LogP contribution in [-0.2, 0) is 24.4 Å². The lowest BCUT2D eigenvalue weighted by molar-refractivity contribution is -0.0534. The van der Waals surface area contributed by atoms with Crippen molar-refractivity contribution in [3.05, 3.63) is 52.6 Å². The zero-order valence-corrected chi connectivity index (χ0v) is 14.6. The van der Waals surface area contributed by atoms with E-state index in [2.05, 4.69) is 10.00 Å². The van der Waals surface area contributed by atoms with Crippen LogP contribution in [0.15, 0.2) is 18.3 Å². The van der Waals surface area contributed by atoms with Crippen LogP contribution in [0.4, 0.5) is 13.2 Å². The van der Waals surface area contributed by atoms with Gasteiger partial charge in [-0.2, -0.15) is 5.10 Å². The molecule has 0 unspecified atom stereocenters. The Morgan fingerprint density at radius 1 is 1.19 bits per heavy atom. The number of aliphatic hydroxyl groups excluding tert-OH is 1. The molecule has 2 aromatic rings. The molecule has 0 radical (unpaired) electrons. The molecular weight excluding hydrogens is 361 g/mol. The fraction of sp³-hybridized carbons (Fsp3) is 0.500. The molecule has 2 aliphatic heterocycles. The first-order valence-electron chi connectivity index (χ1n) is 8.88. The number of ether oxygens (including phenoxy) is 1. The number of fused-ring (bicyclic) bond motifs is 1. The third-order valence-electron chi connectivity index (χ3n) is 5.24. The van der Waals surface area contributed by atoms with Gasteiger partial charge in [0.2, 0.25) is 0 Å². The van der Waals surface area contributed by atoms with E-state index < -0.39 is 29.6 Å². The largest absolute Gasteiger partial charge is 0.394 e. The van der Waals surface area contributed by atoms with Gasteiger partial charge in [0.25, 0.3) is 0 Å². The van der Waals surface area contributed by atoms with E-state index in [-0.39, 0.29) is 18.2 Å². The molecule has 4 rings (SSSR count). The van der Waals surface area contributed by atoms with E-state index in [1.165, 1.54) is 0 Å². The van der Waals surface area contributed by atoms with Crippen LogP contribution in [0.1, 0.15) is 29.3 Å². The molecule has 0 saturated carbocycles. The van der Waals surface area contributed by atoms with Gasteiger partial charge in [-0.3, -0.25) is 9.58 Å². The third kappa shape index (κ3) is 3.47. The highest BCUT2D eigenvalue weighted by Crippen LogP contribution is 2.34. The highest BCUT2D eigenvalue weighted by Gasteiger charge is 2.37. The van der Waals surface area contributed by atoms with Gasteiger partial charge in [0.15, 0.2) is 11.6 Å². The molecule has 1 saturated heterocycles. The van der Waals surface area contributed by atoms with E-state index in [0.717, 1.165) is 17.3 Å². The Kier molecular flexibility index (Phi) is 4.94. The van der Waals surface area contributed by atoms with Crippen molar-refractivity contribution >= 4 is 0 Å². The highest BCUT2D eigenvalue weighted by atomic mass is 19.2. The van der Waals surface area contributed by atoms with Crippen LogP contribution in [0, 0.1) is 17.5 Å². The highest BCUT2D eigenvalue weighted by molar-refractivity contribution is 5.25. The van der Waals surface area contributed by atoms with Crippen molar-refractivity contribution < 1.29 is 23.0 Å². The Balaban J connectivity index is 1.42. The van der Waals surface area contributed by atoms with Crippen LogP contribution in [0.5, 0.6) is 0 Å². The summed E-state index contributed by atoms with van der Waals surface area (Å²) >= 11 is 0. The number of nitrogens with zero attached hydrogens (tertiary/aromatic N) is 3. The van der Waals surface area contributed by atoms with Crippen molar-refractivity contribution in [3.8, 4) is 0 Å². The van der Waals surface area contributed by atoms with Gasteiger partial charge in [0.05, 0.1) is 25.5 Å². The summed E-state index contributed by atoms with van der Waals surface area (Å²) in [5.41, 5.74) is 8.20. The quantitative estimate of drug-likeness (QED) is 0.784. The number of hydrogen-bond donors (Lipinski definition) is 2. The monoisotopic (exact) mass is 382 g/mol. The van der Waals surface area contributed by atoms with Gasteiger partial charge in [-0.1, -0.05) is 0 Å². The zero-order valence-electron chi connectivity index (χ0n) is 14.6. The smallest absolute Gasteiger partial charge is 0.161 e. The number of rotatable bonds is 4. The van der Waals surface area contributed by atoms with Gasteiger partial charge >= 0.3 is 0 Å². The SMILES string of the molecule is N[C@H]1C[C@@H](N2Cc3cn(CCO)nc3C2)CO[C@@H]1c1cc(F)c(F)cc1F. The van der Waals surface area contributed by atoms with Crippen LogP contribution in [0.2, 0.25) is 0 Å². The van der Waals surface area contributed by atoms with E-state index in [4.69, 9.17) is 15.6 Å². The fourth-order valence-electron chi connectivity index (χ4n) is 3.89. The van der Waals surface area contributed by atoms with Crippen LogP contribution in [0.25, 0.3) is 0 Å². The van der Waals surface area contributed by atoms with Crippen molar-refractivity contribution in [2.75, 3.05) is 13.2 Å². The second-order valence-electron chi connectivity index (χ2n) is 7.09. The van der Waals surface area contributed by atoms with E-state index in [9.17, 15) is 13.2 Å². The second-order valence-corrected chi connectivity index (χ2v) is 7.09. The van der Waals surface area contributed by atoms with Gasteiger partial charge in [-0.25, -0.2) is 13.2 Å². The molecule has 3 N–H and O–H groups in total. The number of hydrogen-bond acceptors (Lipinski definition) is 5. The molecule has 0 spiro atoms. The number of aromatic nitrogens is 2. The topological polar surface area (TPSA) is 76.5 Å². The molecular formula is C18H21F3N4O2. The molecule has 27 heavy (non-hydrogen) atoms. The molecule has 1 aromatic heterocycles. The van der Waals surface area contributed by atoms with Gasteiger partial charge in [0, 0.05) is 48.6 Å². The average Bonchev–Trinajstić information content (AvgIpc) is 3.17. The minimum absolute atomic E-state index is 0.0325. The predicted molar refractivity (Wildman–Crippen MR) is 89.9 cm³/mol. The second kappa shape index (κ2) is 7.23. The Bertz CT molecular complexity index is 821. The summed E-state index contributed by atoms with van der Waals surface area (Å²) in [7, 11) is 0. The summed E-state index contributed by atoms with van der Waals surface area (Å²) in [5.74, 6) is -3.20. The van der Waals surface area contributed by atoms with Crippen molar-refractivity contribution in [2.45, 2.75) is 44.2 Å². The van der Waals surface area contributed by atoms with Gasteiger partial charge in [-0.15, -0.1) is 0 Å². The van der Waals surface area contributed by atoms with Crippen LogP contribution >= 0.6 is 0 Å². The Hall–Kier alpha value is -1.94. The maximum atomic E-state index is 14.0. The Morgan fingerprint density at radius 3 is 2.67 bits per heavy atom. The first-order chi connectivity index (χ1) is 13.0. The normalized spacial score (nSPS) is 25.7. The van der Waals surface area contributed by atoms with Gasteiger partial charge < -0.3 is 15.6 Å². The first-order valence-corrected chi connectivity index (χ1v) is 8.88. The molecule has 6 nitrogen and oxygen atoms in total. The van der Waals surface area contributed by atoms with E-state index >= 15 is 0 Å². The standard InChI is InChI=1S/C18H21F3N4O2/c19-13-5-15(21)14(20)4-12(13)18-16(22)3-11(9-27-18)24-6-10-7-25(1-2-26)23-17(10)8-24/h4-5,7,11,16,18,26H,1-3,6,8-9,22H2/t11-,16+,18-/m1/s1. The lowest BCUT2D eigenvalue weighted by Crippen LogP contribution is -2.47. The average molecular weight is 382 g/mol. The van der Waals surface area contributed by atoms with Crippen LogP contribution in [0.3, 0.4) is 0 Å². The van der Waals surface area contributed by atoms with Crippen LogP contribution < -0.4 is 5.73 Å². The summed E-state index contributed by atoms with van der Waals surface area (Å²) in [6, 6.07) is 0.845. The molecule has 2 aliphatic rings. The Labute approximate surface area is 154 Å². The van der Waals surface area contributed by atoms with Crippen molar-refractivity contribution in [2.24, 2.45) is 5.73 Å². The summed E-state index contributed by atoms with van der Waals surface area (Å²) in [6.07, 6.45) is 1.66. The number of aliphatic hydroxyl groups is 1. The lowest BCUT2D eigenvalue weighted by atomic mass is 9.93. The van der Waals surface area contributed by atoms with E-state index in [1.54, 1.807) is 4.68 Å². The molecule has 3 heterocycles. The first kappa shape index (κ1) is 18.4. The molecule has 0 aliphatic carbocycles. The third-order valence-corrected chi connectivity index (χ3v) is 5.24. The maximum absolute atomic E-state index is 14.0. The maximum Gasteiger partial charge on any atom is 0.161 e. The fourth-order valence-corrected chi connectivity index (χ4v) is 3.89. The number of halogens is 3. The molecule has 1 fully saturated rings. The van der Waals surface area contributed by atoms with Gasteiger partial charge in [0.1, 0.15) is 11.9 Å². The Morgan fingerprint density at radius 2 is 1.96 bits per heavy atom. The number of benzene rings is 1. The lowest BCUT2D eigenvalue weighted by Gasteiger charge is -2.38. The van der Waals surface area contributed by atoms with Crippen molar-refractivity contribution in [3.63, 3.8) is 0 Å². The van der Waals surface area contributed by atoms with Gasteiger partial charge in [-0.05, 0) is 12.5 Å². The molecule has 0 amide bonds. The van der Waals surface area contributed by atoms with Crippen molar-refractivity contribution in [1.29, 1.82) is 0 Å². The molecule has 0 bridgehead atoms.